The van der Waals surface area contributed by atoms with Gasteiger partial charge in [-0.3, -0.25) is 14.9 Å². The highest BCUT2D eigenvalue weighted by atomic mass is 32.2. The maximum atomic E-state index is 12.0. The van der Waals surface area contributed by atoms with E-state index in [4.69, 9.17) is 0 Å². The number of thioether (sulfide) groups is 1. The molecule has 3 aromatic rings. The number of carbonyl (C=O) groups is 2. The summed E-state index contributed by atoms with van der Waals surface area (Å²) in [6.45, 7) is 0.326. The number of nitrogens with one attached hydrogen (secondary N) is 3. The fraction of sp³-hybridized carbons (Fsp3) is 0.111. The molecular weight excluding hydrogens is 352 g/mol. The summed E-state index contributed by atoms with van der Waals surface area (Å²) in [6, 6.07) is 15.8. The molecule has 0 saturated carbocycles. The van der Waals surface area contributed by atoms with Gasteiger partial charge >= 0.3 is 6.03 Å². The number of imide groups is 1. The van der Waals surface area contributed by atoms with E-state index in [1.807, 2.05) is 30.3 Å². The minimum Gasteiger partial charge on any atom is -0.334 e. The van der Waals surface area contributed by atoms with Crippen molar-refractivity contribution >= 4 is 34.6 Å². The first-order valence-electron chi connectivity index (χ1n) is 7.85. The van der Waals surface area contributed by atoms with Gasteiger partial charge in [0.05, 0.1) is 16.7 Å². The molecule has 0 spiro atoms. The Hall–Kier alpha value is -3.13. The zero-order valence-corrected chi connectivity index (χ0v) is 14.5. The van der Waals surface area contributed by atoms with E-state index in [0.29, 0.717) is 22.6 Å². The molecule has 0 aliphatic carbocycles. The van der Waals surface area contributed by atoms with Crippen LogP contribution in [0.2, 0.25) is 0 Å². The second-order valence-corrected chi connectivity index (χ2v) is 6.36. The van der Waals surface area contributed by atoms with E-state index in [9.17, 15) is 14.4 Å². The van der Waals surface area contributed by atoms with Crippen molar-refractivity contribution in [3.63, 3.8) is 0 Å². The first-order valence-corrected chi connectivity index (χ1v) is 8.84. The highest BCUT2D eigenvalue weighted by Crippen LogP contribution is 2.14. The number of urea groups is 1. The van der Waals surface area contributed by atoms with Gasteiger partial charge in [-0.25, -0.2) is 9.78 Å². The van der Waals surface area contributed by atoms with Crippen LogP contribution in [0, 0.1) is 0 Å². The molecule has 1 aromatic heterocycles. The highest BCUT2D eigenvalue weighted by molar-refractivity contribution is 7.99. The number of hydrogen-bond donors (Lipinski definition) is 3. The van der Waals surface area contributed by atoms with Crippen molar-refractivity contribution in [1.29, 1.82) is 0 Å². The second kappa shape index (κ2) is 8.30. The summed E-state index contributed by atoms with van der Waals surface area (Å²) in [5.41, 5.74) is 1.22. The molecule has 0 radical (unpaired) electrons. The molecule has 0 unspecified atom stereocenters. The Kier molecular flexibility index (Phi) is 5.65. The molecule has 3 N–H and O–H groups in total. The van der Waals surface area contributed by atoms with Crippen molar-refractivity contribution in [2.45, 2.75) is 11.7 Å². The SMILES string of the molecule is O=C(CSc1nc2ccccc2c(=O)[nH]1)NC(=O)NCc1ccccc1. The number of amides is 3. The summed E-state index contributed by atoms with van der Waals surface area (Å²) in [5.74, 6) is -0.517. The van der Waals surface area contributed by atoms with Gasteiger partial charge in [0.15, 0.2) is 5.16 Å². The molecule has 0 atom stereocenters. The zero-order chi connectivity index (χ0) is 18.4. The lowest BCUT2D eigenvalue weighted by Gasteiger charge is -2.07. The first kappa shape index (κ1) is 17.7. The molecule has 132 valence electrons. The van der Waals surface area contributed by atoms with Crippen LogP contribution in [0.5, 0.6) is 0 Å². The summed E-state index contributed by atoms with van der Waals surface area (Å²) >= 11 is 1.06. The summed E-state index contributed by atoms with van der Waals surface area (Å²) in [5, 5.41) is 5.67. The van der Waals surface area contributed by atoms with E-state index in [1.165, 1.54) is 0 Å². The smallest absolute Gasteiger partial charge is 0.321 e. The molecule has 0 aliphatic rings. The molecule has 3 rings (SSSR count). The van der Waals surface area contributed by atoms with Gasteiger partial charge in [-0.2, -0.15) is 0 Å². The van der Waals surface area contributed by atoms with Crippen molar-refractivity contribution in [3.05, 3.63) is 70.5 Å². The van der Waals surface area contributed by atoms with Crippen molar-refractivity contribution in [3.8, 4) is 0 Å². The summed E-state index contributed by atoms with van der Waals surface area (Å²) in [6.07, 6.45) is 0. The standard InChI is InChI=1S/C18H16N4O3S/c23-15(21-17(25)19-10-12-6-2-1-3-7-12)11-26-18-20-14-9-5-4-8-13(14)16(24)22-18/h1-9H,10-11H2,(H,20,22,24)(H2,19,21,23,25). The summed E-state index contributed by atoms with van der Waals surface area (Å²) < 4.78 is 0. The molecule has 3 amide bonds. The number of fused-ring (bicyclic) bond motifs is 1. The Bertz CT molecular complexity index is 988. The van der Waals surface area contributed by atoms with Gasteiger partial charge in [0, 0.05) is 6.54 Å². The van der Waals surface area contributed by atoms with Gasteiger partial charge < -0.3 is 10.3 Å². The number of para-hydroxylation sites is 1. The predicted octanol–water partition coefficient (Wildman–Crippen LogP) is 2.04. The largest absolute Gasteiger partial charge is 0.334 e. The van der Waals surface area contributed by atoms with Crippen LogP contribution >= 0.6 is 11.8 Å². The van der Waals surface area contributed by atoms with Gasteiger partial charge in [-0.15, -0.1) is 0 Å². The number of carbonyl (C=O) groups excluding carboxylic acids is 2. The molecule has 8 heteroatoms. The Balaban J connectivity index is 1.51. The molecule has 0 fully saturated rings. The van der Waals surface area contributed by atoms with Crippen molar-refractivity contribution in [1.82, 2.24) is 20.6 Å². The first-order chi connectivity index (χ1) is 12.6. The normalized spacial score (nSPS) is 10.5. The van der Waals surface area contributed by atoms with E-state index in [-0.39, 0.29) is 11.3 Å². The van der Waals surface area contributed by atoms with Crippen molar-refractivity contribution < 1.29 is 9.59 Å². The Labute approximate surface area is 153 Å². The molecule has 0 saturated heterocycles. The molecule has 2 aromatic carbocycles. The van der Waals surface area contributed by atoms with Gasteiger partial charge in [0.2, 0.25) is 5.91 Å². The van der Waals surface area contributed by atoms with Crippen LogP contribution in [0.15, 0.2) is 64.5 Å². The number of nitrogens with zero attached hydrogens (tertiary/aromatic N) is 1. The second-order valence-electron chi connectivity index (χ2n) is 5.39. The van der Waals surface area contributed by atoms with Gasteiger partial charge in [0.1, 0.15) is 0 Å². The average Bonchev–Trinajstić information content (AvgIpc) is 2.66. The minimum atomic E-state index is -0.570. The quantitative estimate of drug-likeness (QED) is 0.472. The lowest BCUT2D eigenvalue weighted by molar-refractivity contribution is -0.117. The number of rotatable bonds is 5. The Morgan fingerprint density at radius 2 is 1.77 bits per heavy atom. The molecule has 0 bridgehead atoms. The lowest BCUT2D eigenvalue weighted by Crippen LogP contribution is -2.40. The topological polar surface area (TPSA) is 104 Å². The van der Waals surface area contributed by atoms with Crippen LogP contribution in [-0.2, 0) is 11.3 Å². The van der Waals surface area contributed by atoms with Crippen LogP contribution in [0.4, 0.5) is 4.79 Å². The van der Waals surface area contributed by atoms with Crippen LogP contribution < -0.4 is 16.2 Å². The molecule has 26 heavy (non-hydrogen) atoms. The van der Waals surface area contributed by atoms with Gasteiger partial charge in [-0.05, 0) is 17.7 Å². The van der Waals surface area contributed by atoms with E-state index in [1.54, 1.807) is 24.3 Å². The van der Waals surface area contributed by atoms with Crippen LogP contribution in [0.3, 0.4) is 0 Å². The summed E-state index contributed by atoms with van der Waals surface area (Å²) in [7, 11) is 0. The van der Waals surface area contributed by atoms with E-state index >= 15 is 0 Å². The van der Waals surface area contributed by atoms with Gasteiger partial charge in [-0.1, -0.05) is 54.2 Å². The monoisotopic (exact) mass is 368 g/mol. The number of H-pyrrole nitrogens is 1. The fourth-order valence-electron chi connectivity index (χ4n) is 2.25. The molecule has 0 aliphatic heterocycles. The summed E-state index contributed by atoms with van der Waals surface area (Å²) in [4.78, 5) is 42.5. The number of aromatic nitrogens is 2. The van der Waals surface area contributed by atoms with Crippen molar-refractivity contribution in [2.24, 2.45) is 0 Å². The van der Waals surface area contributed by atoms with Gasteiger partial charge in [0.25, 0.3) is 5.56 Å². The number of benzene rings is 2. The van der Waals surface area contributed by atoms with E-state index in [0.717, 1.165) is 17.3 Å². The Morgan fingerprint density at radius 1 is 1.04 bits per heavy atom. The van der Waals surface area contributed by atoms with E-state index in [2.05, 4.69) is 20.6 Å². The number of hydrogen-bond acceptors (Lipinski definition) is 5. The fourth-order valence-corrected chi connectivity index (χ4v) is 2.92. The minimum absolute atomic E-state index is 0.0416. The number of aromatic amines is 1. The van der Waals surface area contributed by atoms with E-state index < -0.39 is 11.9 Å². The van der Waals surface area contributed by atoms with Crippen LogP contribution in [0.1, 0.15) is 5.56 Å². The third-order valence-electron chi connectivity index (χ3n) is 3.48. The highest BCUT2D eigenvalue weighted by Gasteiger charge is 2.10. The maximum Gasteiger partial charge on any atom is 0.321 e. The molecule has 1 heterocycles. The molecular formula is C18H16N4O3S. The Morgan fingerprint density at radius 3 is 2.58 bits per heavy atom. The third-order valence-corrected chi connectivity index (χ3v) is 4.35. The van der Waals surface area contributed by atoms with Crippen LogP contribution in [-0.4, -0.2) is 27.7 Å². The zero-order valence-electron chi connectivity index (χ0n) is 13.7. The van der Waals surface area contributed by atoms with Crippen molar-refractivity contribution in [2.75, 3.05) is 5.75 Å². The van der Waals surface area contributed by atoms with Crippen LogP contribution in [0.25, 0.3) is 10.9 Å². The average molecular weight is 368 g/mol. The molecule has 7 nitrogen and oxygen atoms in total. The maximum absolute atomic E-state index is 12.0. The third kappa shape index (κ3) is 4.70. The predicted molar refractivity (Wildman–Crippen MR) is 99.9 cm³/mol. The lowest BCUT2D eigenvalue weighted by atomic mass is 10.2.